The molecule has 0 aliphatic carbocycles. The number of benzene rings is 2. The normalized spacial score (nSPS) is 10.4. The molecule has 25 heavy (non-hydrogen) atoms. The number of hydrogen-bond donors (Lipinski definition) is 2. The Kier molecular flexibility index (Phi) is 4.95. The lowest BCUT2D eigenvalue weighted by molar-refractivity contribution is 0.102. The van der Waals surface area contributed by atoms with Gasteiger partial charge in [-0.25, -0.2) is 4.39 Å². The molecule has 2 N–H and O–H groups in total. The van der Waals surface area contributed by atoms with Gasteiger partial charge in [-0.3, -0.25) is 9.78 Å². The van der Waals surface area contributed by atoms with Gasteiger partial charge >= 0.3 is 0 Å². The number of rotatable bonds is 4. The van der Waals surface area contributed by atoms with E-state index in [4.69, 9.17) is 11.6 Å². The highest BCUT2D eigenvalue weighted by atomic mass is 35.5. The first-order valence-corrected chi connectivity index (χ1v) is 7.94. The lowest BCUT2D eigenvalue weighted by Crippen LogP contribution is -2.12. The summed E-state index contributed by atoms with van der Waals surface area (Å²) >= 11 is 6.07. The van der Waals surface area contributed by atoms with E-state index in [0.717, 1.165) is 5.56 Å². The van der Waals surface area contributed by atoms with E-state index in [1.807, 2.05) is 13.0 Å². The fourth-order valence-corrected chi connectivity index (χ4v) is 2.42. The number of halogens is 2. The van der Waals surface area contributed by atoms with Crippen molar-refractivity contribution in [1.29, 1.82) is 0 Å². The van der Waals surface area contributed by atoms with Crippen LogP contribution in [0, 0.1) is 12.7 Å². The van der Waals surface area contributed by atoms with Gasteiger partial charge in [0.15, 0.2) is 0 Å². The van der Waals surface area contributed by atoms with Gasteiger partial charge in [0.25, 0.3) is 5.91 Å². The van der Waals surface area contributed by atoms with E-state index in [0.29, 0.717) is 27.6 Å². The predicted octanol–water partition coefficient (Wildman–Crippen LogP) is 5.18. The van der Waals surface area contributed by atoms with E-state index in [1.165, 1.54) is 18.3 Å². The van der Waals surface area contributed by atoms with Gasteiger partial charge in [0.2, 0.25) is 0 Å². The Morgan fingerprint density at radius 1 is 1.04 bits per heavy atom. The highest BCUT2D eigenvalue weighted by molar-refractivity contribution is 6.31. The lowest BCUT2D eigenvalue weighted by Gasteiger charge is -2.09. The molecule has 1 aromatic heterocycles. The van der Waals surface area contributed by atoms with Crippen LogP contribution >= 0.6 is 11.6 Å². The SMILES string of the molecule is Cc1ccc(NC(=O)c2cncc(Nc3cccc(F)c3)c2)cc1Cl. The highest BCUT2D eigenvalue weighted by Gasteiger charge is 2.09. The Hall–Kier alpha value is -2.92. The minimum atomic E-state index is -0.344. The van der Waals surface area contributed by atoms with Crippen molar-refractivity contribution in [2.45, 2.75) is 6.92 Å². The maximum absolute atomic E-state index is 13.3. The highest BCUT2D eigenvalue weighted by Crippen LogP contribution is 2.21. The number of hydrogen-bond acceptors (Lipinski definition) is 3. The number of carbonyl (C=O) groups excluding carboxylic acids is 1. The summed E-state index contributed by atoms with van der Waals surface area (Å²) in [6.45, 7) is 1.89. The second kappa shape index (κ2) is 7.32. The second-order valence-corrected chi connectivity index (χ2v) is 5.92. The third-order valence-corrected chi connectivity index (χ3v) is 3.95. The molecular formula is C19H15ClFN3O. The maximum Gasteiger partial charge on any atom is 0.257 e. The lowest BCUT2D eigenvalue weighted by atomic mass is 10.2. The Morgan fingerprint density at radius 3 is 2.64 bits per heavy atom. The van der Waals surface area contributed by atoms with Crippen LogP contribution in [0.4, 0.5) is 21.5 Å². The summed E-state index contributed by atoms with van der Waals surface area (Å²) in [5.74, 6) is -0.654. The van der Waals surface area contributed by atoms with Crippen molar-refractivity contribution in [3.05, 3.63) is 82.9 Å². The predicted molar refractivity (Wildman–Crippen MR) is 98.1 cm³/mol. The summed E-state index contributed by atoms with van der Waals surface area (Å²) in [7, 11) is 0. The van der Waals surface area contributed by atoms with Gasteiger partial charge in [0.05, 0.1) is 17.4 Å². The molecule has 0 spiro atoms. The summed E-state index contributed by atoms with van der Waals surface area (Å²) in [6.07, 6.45) is 3.02. The molecule has 1 heterocycles. The minimum Gasteiger partial charge on any atom is -0.354 e. The Balaban J connectivity index is 1.76. The largest absolute Gasteiger partial charge is 0.354 e. The van der Waals surface area contributed by atoms with Crippen molar-refractivity contribution in [1.82, 2.24) is 4.98 Å². The van der Waals surface area contributed by atoms with Gasteiger partial charge in [-0.15, -0.1) is 0 Å². The summed E-state index contributed by atoms with van der Waals surface area (Å²) < 4.78 is 13.3. The molecule has 0 bridgehead atoms. The van der Waals surface area contributed by atoms with Gasteiger partial charge in [0, 0.05) is 22.6 Å². The third kappa shape index (κ3) is 4.33. The van der Waals surface area contributed by atoms with Crippen molar-refractivity contribution in [3.8, 4) is 0 Å². The van der Waals surface area contributed by atoms with Gasteiger partial charge in [0.1, 0.15) is 5.82 Å². The number of nitrogens with zero attached hydrogens (tertiary/aromatic N) is 1. The first kappa shape index (κ1) is 16.9. The number of pyridine rings is 1. The van der Waals surface area contributed by atoms with E-state index in [2.05, 4.69) is 15.6 Å². The minimum absolute atomic E-state index is 0.310. The zero-order chi connectivity index (χ0) is 17.8. The van der Waals surface area contributed by atoms with Crippen LogP contribution in [0.5, 0.6) is 0 Å². The van der Waals surface area contributed by atoms with Gasteiger partial charge in [-0.2, -0.15) is 0 Å². The van der Waals surface area contributed by atoms with Gasteiger partial charge < -0.3 is 10.6 Å². The zero-order valence-corrected chi connectivity index (χ0v) is 14.1. The van der Waals surface area contributed by atoms with Crippen LogP contribution in [0.15, 0.2) is 60.9 Å². The molecule has 0 atom stereocenters. The third-order valence-electron chi connectivity index (χ3n) is 3.54. The quantitative estimate of drug-likeness (QED) is 0.678. The molecule has 0 saturated carbocycles. The van der Waals surface area contributed by atoms with Crippen molar-refractivity contribution >= 4 is 34.6 Å². The van der Waals surface area contributed by atoms with Gasteiger partial charge in [-0.1, -0.05) is 23.7 Å². The van der Waals surface area contributed by atoms with Crippen LogP contribution in [-0.2, 0) is 0 Å². The summed E-state index contributed by atoms with van der Waals surface area (Å²) in [6, 6.07) is 13.0. The smallest absolute Gasteiger partial charge is 0.257 e. The first-order chi connectivity index (χ1) is 12.0. The molecule has 0 fully saturated rings. The van der Waals surface area contributed by atoms with Crippen molar-refractivity contribution in [2.24, 2.45) is 0 Å². The first-order valence-electron chi connectivity index (χ1n) is 7.56. The summed E-state index contributed by atoms with van der Waals surface area (Å²) in [4.78, 5) is 16.4. The second-order valence-electron chi connectivity index (χ2n) is 5.52. The van der Waals surface area contributed by atoms with E-state index in [-0.39, 0.29) is 11.7 Å². The number of carbonyl (C=O) groups is 1. The van der Waals surface area contributed by atoms with E-state index in [9.17, 15) is 9.18 Å². The summed E-state index contributed by atoms with van der Waals surface area (Å²) in [5.41, 5.74) is 3.06. The van der Waals surface area contributed by atoms with Crippen LogP contribution in [0.1, 0.15) is 15.9 Å². The fourth-order valence-electron chi connectivity index (χ4n) is 2.24. The van der Waals surface area contributed by atoms with Crippen molar-refractivity contribution in [3.63, 3.8) is 0 Å². The molecule has 0 aliphatic rings. The average Bonchev–Trinajstić information content (AvgIpc) is 2.58. The van der Waals surface area contributed by atoms with E-state index in [1.54, 1.807) is 36.5 Å². The van der Waals surface area contributed by atoms with Crippen LogP contribution in [0.2, 0.25) is 5.02 Å². The van der Waals surface area contributed by atoms with Gasteiger partial charge in [-0.05, 0) is 48.9 Å². The molecule has 126 valence electrons. The molecule has 2 aromatic carbocycles. The fraction of sp³-hybridized carbons (Fsp3) is 0.0526. The number of aryl methyl sites for hydroxylation is 1. The molecule has 1 amide bonds. The standard InChI is InChI=1S/C19H15ClFN3O/c1-12-5-6-16(9-18(12)20)24-19(25)13-7-17(11-22-10-13)23-15-4-2-3-14(21)8-15/h2-11,23H,1H3,(H,24,25). The van der Waals surface area contributed by atoms with E-state index >= 15 is 0 Å². The molecule has 0 aliphatic heterocycles. The zero-order valence-electron chi connectivity index (χ0n) is 13.4. The molecule has 3 rings (SSSR count). The Labute approximate surface area is 149 Å². The van der Waals surface area contributed by atoms with Crippen molar-refractivity contribution < 1.29 is 9.18 Å². The molecule has 0 radical (unpaired) electrons. The number of amides is 1. The van der Waals surface area contributed by atoms with Crippen LogP contribution < -0.4 is 10.6 Å². The van der Waals surface area contributed by atoms with Crippen LogP contribution in [0.25, 0.3) is 0 Å². The Bertz CT molecular complexity index is 930. The monoisotopic (exact) mass is 355 g/mol. The van der Waals surface area contributed by atoms with Crippen LogP contribution in [0.3, 0.4) is 0 Å². The summed E-state index contributed by atoms with van der Waals surface area (Å²) in [5, 5.41) is 6.37. The topological polar surface area (TPSA) is 54.0 Å². The Morgan fingerprint density at radius 2 is 1.88 bits per heavy atom. The molecule has 0 unspecified atom stereocenters. The molecule has 6 heteroatoms. The molecular weight excluding hydrogens is 341 g/mol. The number of anilines is 3. The van der Waals surface area contributed by atoms with E-state index < -0.39 is 0 Å². The maximum atomic E-state index is 13.3. The number of aromatic nitrogens is 1. The molecule has 0 saturated heterocycles. The molecule has 3 aromatic rings. The molecule has 4 nitrogen and oxygen atoms in total. The number of nitrogens with one attached hydrogen (secondary N) is 2. The van der Waals surface area contributed by atoms with Crippen LogP contribution in [-0.4, -0.2) is 10.9 Å². The van der Waals surface area contributed by atoms with Crippen molar-refractivity contribution in [2.75, 3.05) is 10.6 Å². The average molecular weight is 356 g/mol.